The largest absolute Gasteiger partial charge is 0.456 e. The minimum absolute atomic E-state index is 0.537. The van der Waals surface area contributed by atoms with E-state index in [1.54, 1.807) is 0 Å². The minimum Gasteiger partial charge on any atom is -0.456 e. The monoisotopic (exact) mass is 781 g/mol. The van der Waals surface area contributed by atoms with Gasteiger partial charge in [0.05, 0.1) is 0 Å². The average Bonchev–Trinajstić information content (AvgIpc) is 3.97. The number of hydrogen-bond donors (Lipinski definition) is 0. The molecule has 0 spiro atoms. The zero-order valence-corrected chi connectivity index (χ0v) is 33.3. The van der Waals surface area contributed by atoms with E-state index in [4.69, 9.17) is 19.4 Å². The topological polar surface area (TPSA) is 51.8 Å². The highest BCUT2D eigenvalue weighted by Crippen LogP contribution is 2.47. The van der Waals surface area contributed by atoms with E-state index in [9.17, 15) is 0 Å². The second-order valence-corrected chi connectivity index (χ2v) is 17.7. The zero-order valence-electron chi connectivity index (χ0n) is 31.7. The van der Waals surface area contributed by atoms with Gasteiger partial charge in [-0.2, -0.15) is 0 Å². The molecule has 12 rings (SSSR count). The van der Waals surface area contributed by atoms with Gasteiger partial charge in [0.2, 0.25) is 0 Å². The first kappa shape index (κ1) is 33.6. The third-order valence-corrected chi connectivity index (χ3v) is 14.2. The summed E-state index contributed by atoms with van der Waals surface area (Å²) in [6, 6.07) is 47.2. The second kappa shape index (κ2) is 13.3. The van der Waals surface area contributed by atoms with Gasteiger partial charge >= 0.3 is 0 Å². The summed E-state index contributed by atoms with van der Waals surface area (Å²) in [4.78, 5) is 19.0. The van der Waals surface area contributed by atoms with Crippen molar-refractivity contribution in [3.8, 4) is 45.0 Å². The Hall–Kier alpha value is -6.47. The average molecular weight is 782 g/mol. The molecule has 0 saturated heterocycles. The molecule has 276 valence electrons. The number of allylic oxidation sites excluding steroid dienone is 2. The van der Waals surface area contributed by atoms with Crippen LogP contribution in [0.1, 0.15) is 40.1 Å². The van der Waals surface area contributed by atoms with Crippen LogP contribution in [-0.4, -0.2) is 15.0 Å². The lowest BCUT2D eigenvalue weighted by Gasteiger charge is -2.18. The van der Waals surface area contributed by atoms with Gasteiger partial charge < -0.3 is 4.42 Å². The van der Waals surface area contributed by atoms with Crippen LogP contribution in [0.2, 0.25) is 0 Å². The summed E-state index contributed by atoms with van der Waals surface area (Å²) < 4.78 is 9.25. The van der Waals surface area contributed by atoms with Crippen molar-refractivity contribution in [1.29, 1.82) is 0 Å². The minimum atomic E-state index is 0.537. The highest BCUT2D eigenvalue weighted by atomic mass is 32.1. The van der Waals surface area contributed by atoms with Gasteiger partial charge in [-0.1, -0.05) is 134 Å². The predicted octanol–water partition coefficient (Wildman–Crippen LogP) is 14.5. The second-order valence-electron chi connectivity index (χ2n) is 15.4. The standard InChI is InChI=1S/C52H35N3OS2/c1-30-23-28-37-45(29-30)58-44-22-10-17-38(47(37)44)51-53-50(33-26-24-32(25-27-33)31-11-3-2-4-12-31)54-52(55-51)39-16-8-19-41-49(39)48-35(14-7-18-40(48)56-41)34-15-9-21-43-46(34)36-13-5-6-20-42(36)57-43/h2-9,11-21,23-28,30H,10,22,29H2,1H3. The van der Waals surface area contributed by atoms with E-state index in [2.05, 4.69) is 159 Å². The molecule has 6 aromatic carbocycles. The molecule has 1 atom stereocenters. The van der Waals surface area contributed by atoms with Crippen LogP contribution in [0.5, 0.6) is 0 Å². The molecule has 0 amide bonds. The molecule has 0 fully saturated rings. The van der Waals surface area contributed by atoms with Gasteiger partial charge in [0.1, 0.15) is 11.2 Å². The van der Waals surface area contributed by atoms with Crippen molar-refractivity contribution in [2.45, 2.75) is 26.2 Å². The Kier molecular flexibility index (Phi) is 7.72. The summed E-state index contributed by atoms with van der Waals surface area (Å²) >= 11 is 3.81. The molecule has 4 heterocycles. The SMILES string of the molecule is CC1C=Cc2c(sc3c2C(c2nc(-c4ccc(-c5ccccc5)cc4)nc(-c4cccc5oc6cccc(-c7cccc8sc9ccccc9c78)c6c45)n2)=CCC3)C1. The van der Waals surface area contributed by atoms with Gasteiger partial charge in [-0.25, -0.2) is 15.0 Å². The molecule has 0 aliphatic heterocycles. The van der Waals surface area contributed by atoms with Gasteiger partial charge in [0.15, 0.2) is 17.5 Å². The van der Waals surface area contributed by atoms with Crippen LogP contribution < -0.4 is 0 Å². The summed E-state index contributed by atoms with van der Waals surface area (Å²) in [7, 11) is 0. The maximum Gasteiger partial charge on any atom is 0.164 e. The highest BCUT2D eigenvalue weighted by Gasteiger charge is 2.28. The lowest BCUT2D eigenvalue weighted by molar-refractivity contribution is 0.669. The fourth-order valence-electron chi connectivity index (χ4n) is 9.08. The fraction of sp³-hybridized carbons (Fsp3) is 0.0962. The number of benzene rings is 6. The molecule has 0 N–H and O–H groups in total. The van der Waals surface area contributed by atoms with Crippen molar-refractivity contribution in [3.63, 3.8) is 0 Å². The number of aryl methyl sites for hydroxylation is 1. The fourth-order valence-corrected chi connectivity index (χ4v) is 11.7. The van der Waals surface area contributed by atoms with Gasteiger partial charge in [-0.3, -0.25) is 0 Å². The van der Waals surface area contributed by atoms with Crippen molar-refractivity contribution in [3.05, 3.63) is 172 Å². The Morgan fingerprint density at radius 3 is 2.05 bits per heavy atom. The molecule has 10 aromatic rings. The molecular formula is C52H35N3OS2. The van der Waals surface area contributed by atoms with E-state index >= 15 is 0 Å². The summed E-state index contributed by atoms with van der Waals surface area (Å²) in [5.41, 5.74) is 11.9. The van der Waals surface area contributed by atoms with Crippen molar-refractivity contribution < 1.29 is 4.42 Å². The molecule has 1 unspecified atom stereocenters. The quantitative estimate of drug-likeness (QED) is 0.174. The highest BCUT2D eigenvalue weighted by molar-refractivity contribution is 7.26. The van der Waals surface area contributed by atoms with Gasteiger partial charge in [-0.15, -0.1) is 22.7 Å². The van der Waals surface area contributed by atoms with Crippen LogP contribution in [0.25, 0.3) is 98.8 Å². The number of furan rings is 1. The van der Waals surface area contributed by atoms with Crippen LogP contribution in [0.4, 0.5) is 0 Å². The predicted molar refractivity (Wildman–Crippen MR) is 243 cm³/mol. The molecule has 2 aliphatic carbocycles. The molecule has 0 bridgehead atoms. The Bertz CT molecular complexity index is 3330. The Balaban J connectivity index is 1.10. The maximum atomic E-state index is 6.70. The molecule has 0 saturated carbocycles. The van der Waals surface area contributed by atoms with E-state index in [0.717, 1.165) is 69.0 Å². The van der Waals surface area contributed by atoms with Crippen molar-refractivity contribution >= 4 is 76.4 Å². The van der Waals surface area contributed by atoms with Crippen molar-refractivity contribution in [2.75, 3.05) is 0 Å². The molecule has 0 radical (unpaired) electrons. The summed E-state index contributed by atoms with van der Waals surface area (Å²) in [5, 5.41) is 4.62. The normalized spacial score (nSPS) is 15.0. The van der Waals surface area contributed by atoms with E-state index in [1.165, 1.54) is 52.2 Å². The van der Waals surface area contributed by atoms with E-state index in [0.29, 0.717) is 23.4 Å². The number of thiophene rings is 2. The van der Waals surface area contributed by atoms with Gasteiger partial charge in [-0.05, 0) is 77.3 Å². The van der Waals surface area contributed by atoms with Crippen molar-refractivity contribution in [1.82, 2.24) is 15.0 Å². The molecule has 2 aliphatic rings. The molecule has 4 aromatic heterocycles. The lowest BCUT2D eigenvalue weighted by atomic mass is 9.88. The third-order valence-electron chi connectivity index (χ3n) is 11.8. The van der Waals surface area contributed by atoms with Gasteiger partial charge in [0, 0.05) is 63.0 Å². The number of hydrogen-bond acceptors (Lipinski definition) is 6. The summed E-state index contributed by atoms with van der Waals surface area (Å²) in [5.74, 6) is 2.53. The number of nitrogens with zero attached hydrogens (tertiary/aromatic N) is 3. The van der Waals surface area contributed by atoms with Crippen LogP contribution in [0.15, 0.2) is 150 Å². The number of aromatic nitrogens is 3. The van der Waals surface area contributed by atoms with E-state index in [1.807, 2.05) is 22.7 Å². The third kappa shape index (κ3) is 5.36. The Morgan fingerprint density at radius 2 is 1.21 bits per heavy atom. The van der Waals surface area contributed by atoms with Gasteiger partial charge in [0.25, 0.3) is 0 Å². The van der Waals surface area contributed by atoms with Crippen LogP contribution in [0.3, 0.4) is 0 Å². The zero-order chi connectivity index (χ0) is 38.3. The van der Waals surface area contributed by atoms with E-state index in [-0.39, 0.29) is 0 Å². The van der Waals surface area contributed by atoms with Crippen molar-refractivity contribution in [2.24, 2.45) is 5.92 Å². The molecular weight excluding hydrogens is 747 g/mol. The van der Waals surface area contributed by atoms with Crippen LogP contribution >= 0.6 is 22.7 Å². The summed E-state index contributed by atoms with van der Waals surface area (Å²) in [6.45, 7) is 2.30. The molecule has 4 nitrogen and oxygen atoms in total. The number of fused-ring (bicyclic) bond motifs is 9. The van der Waals surface area contributed by atoms with E-state index < -0.39 is 0 Å². The Morgan fingerprint density at radius 1 is 0.552 bits per heavy atom. The van der Waals surface area contributed by atoms with Crippen LogP contribution in [0, 0.1) is 5.92 Å². The first-order chi connectivity index (χ1) is 28.6. The summed E-state index contributed by atoms with van der Waals surface area (Å²) in [6.07, 6.45) is 10.1. The Labute approximate surface area is 343 Å². The molecule has 6 heteroatoms. The lowest BCUT2D eigenvalue weighted by Crippen LogP contribution is -2.08. The maximum absolute atomic E-state index is 6.70. The first-order valence-corrected chi connectivity index (χ1v) is 21.6. The smallest absolute Gasteiger partial charge is 0.164 e. The first-order valence-electron chi connectivity index (χ1n) is 20.0. The molecule has 58 heavy (non-hydrogen) atoms. The number of rotatable bonds is 5. The van der Waals surface area contributed by atoms with Crippen LogP contribution in [-0.2, 0) is 12.8 Å².